The van der Waals surface area contributed by atoms with Gasteiger partial charge in [-0.1, -0.05) is 52.8 Å². The van der Waals surface area contributed by atoms with Crippen LogP contribution in [0.5, 0.6) is 11.5 Å². The van der Waals surface area contributed by atoms with E-state index in [1.54, 1.807) is 12.1 Å². The predicted octanol–water partition coefficient (Wildman–Crippen LogP) is 8.34. The van der Waals surface area contributed by atoms with Crippen molar-refractivity contribution >= 4 is 5.97 Å². The Balaban J connectivity index is 1.23. The Labute approximate surface area is 259 Å². The number of aromatic hydroxyl groups is 2. The van der Waals surface area contributed by atoms with Crippen LogP contribution in [0.3, 0.4) is 0 Å². The van der Waals surface area contributed by atoms with Crippen LogP contribution in [0.25, 0.3) is 0 Å². The van der Waals surface area contributed by atoms with E-state index in [1.165, 1.54) is 44.1 Å². The lowest BCUT2D eigenvalue weighted by molar-refractivity contribution is -0.240. The van der Waals surface area contributed by atoms with Gasteiger partial charge >= 0.3 is 5.97 Å². The third-order valence-electron chi connectivity index (χ3n) is 15.4. The third kappa shape index (κ3) is 4.29. The molecule has 0 heterocycles. The normalized spacial score (nSPS) is 44.9. The van der Waals surface area contributed by atoms with E-state index in [0.717, 1.165) is 44.2 Å². The number of fused-ring (bicyclic) bond motifs is 7. The van der Waals surface area contributed by atoms with Crippen LogP contribution in [0.1, 0.15) is 111 Å². The van der Waals surface area contributed by atoms with Crippen LogP contribution in [0.2, 0.25) is 0 Å². The van der Waals surface area contributed by atoms with E-state index in [-0.39, 0.29) is 39.1 Å². The van der Waals surface area contributed by atoms with E-state index in [1.807, 2.05) is 6.07 Å². The highest BCUT2D eigenvalue weighted by molar-refractivity contribution is 5.76. The van der Waals surface area contributed by atoms with E-state index in [2.05, 4.69) is 53.4 Å². The van der Waals surface area contributed by atoms with Crippen LogP contribution in [-0.4, -0.2) is 33.9 Å². The molecule has 0 amide bonds. The van der Waals surface area contributed by atoms with E-state index in [4.69, 9.17) is 0 Å². The monoisotopic (exact) mass is 591 g/mol. The highest BCUT2D eigenvalue weighted by Crippen LogP contribution is 2.77. The van der Waals surface area contributed by atoms with Crippen molar-refractivity contribution in [3.05, 3.63) is 35.9 Å². The maximum absolute atomic E-state index is 12.9. The minimum Gasteiger partial charge on any atom is -0.504 e. The van der Waals surface area contributed by atoms with Crippen LogP contribution in [0, 0.1) is 56.7 Å². The fourth-order valence-corrected chi connectivity index (χ4v) is 13.0. The first-order chi connectivity index (χ1) is 20.1. The predicted molar refractivity (Wildman–Crippen MR) is 172 cm³/mol. The van der Waals surface area contributed by atoms with Crippen LogP contribution in [0.4, 0.5) is 0 Å². The number of hydrogen-bond acceptors (Lipinski definition) is 4. The molecule has 0 aromatic heterocycles. The summed E-state index contributed by atoms with van der Waals surface area (Å²) in [5.74, 6) is 1.71. The van der Waals surface area contributed by atoms with Gasteiger partial charge in [-0.15, -0.1) is 0 Å². The lowest BCUT2D eigenvalue weighted by atomic mass is 9.32. The molecule has 0 bridgehead atoms. The molecule has 238 valence electrons. The molecule has 0 radical (unpaired) electrons. The van der Waals surface area contributed by atoms with Crippen molar-refractivity contribution in [2.75, 3.05) is 6.54 Å². The zero-order valence-electron chi connectivity index (χ0n) is 27.6. The molecular formula is C38H57NO4. The van der Waals surface area contributed by atoms with Crippen molar-refractivity contribution in [3.8, 4) is 11.5 Å². The lowest BCUT2D eigenvalue weighted by Gasteiger charge is -2.73. The highest BCUT2D eigenvalue weighted by atomic mass is 16.4. The van der Waals surface area contributed by atoms with Gasteiger partial charge in [-0.05, 0) is 153 Å². The Kier molecular flexibility index (Phi) is 7.39. The maximum atomic E-state index is 12.9. The minimum absolute atomic E-state index is 0.0466. The quantitative estimate of drug-likeness (QED) is 0.197. The number of phenolic OH excluding ortho intramolecular Hbond substituents is 2. The average molecular weight is 592 g/mol. The molecule has 43 heavy (non-hydrogen) atoms. The van der Waals surface area contributed by atoms with Gasteiger partial charge in [0.25, 0.3) is 0 Å². The van der Waals surface area contributed by atoms with Crippen molar-refractivity contribution in [1.29, 1.82) is 0 Å². The minimum atomic E-state index is -0.553. The fourth-order valence-electron chi connectivity index (χ4n) is 13.0. The molecule has 0 spiro atoms. The number of carboxylic acids is 1. The molecule has 10 unspecified atom stereocenters. The van der Waals surface area contributed by atoms with Gasteiger partial charge in [0.2, 0.25) is 0 Å². The second-order valence-electron chi connectivity index (χ2n) is 17.1. The molecule has 5 saturated carbocycles. The Hall–Kier alpha value is -2.01. The van der Waals surface area contributed by atoms with Crippen molar-refractivity contribution in [1.82, 2.24) is 5.32 Å². The number of hydrogen-bond donors (Lipinski definition) is 4. The summed E-state index contributed by atoms with van der Waals surface area (Å²) in [4.78, 5) is 12.9. The smallest absolute Gasteiger partial charge is 0.309 e. The first-order valence-corrected chi connectivity index (χ1v) is 17.2. The summed E-state index contributed by atoms with van der Waals surface area (Å²) in [6.45, 7) is 20.3. The zero-order valence-corrected chi connectivity index (χ0v) is 27.6. The second-order valence-corrected chi connectivity index (χ2v) is 17.1. The van der Waals surface area contributed by atoms with E-state index < -0.39 is 11.4 Å². The Morgan fingerprint density at radius 1 is 0.884 bits per heavy atom. The molecule has 1 aromatic carbocycles. The van der Waals surface area contributed by atoms with Gasteiger partial charge in [-0.25, -0.2) is 0 Å². The summed E-state index contributed by atoms with van der Waals surface area (Å²) in [5.41, 5.74) is 2.54. The Morgan fingerprint density at radius 3 is 2.30 bits per heavy atom. The average Bonchev–Trinajstić information content (AvgIpc) is 3.34. The molecule has 0 aliphatic heterocycles. The van der Waals surface area contributed by atoms with E-state index >= 15 is 0 Å². The number of carbonyl (C=O) groups is 1. The van der Waals surface area contributed by atoms with Crippen LogP contribution >= 0.6 is 0 Å². The molecule has 5 aliphatic rings. The van der Waals surface area contributed by atoms with Gasteiger partial charge in [0, 0.05) is 6.04 Å². The van der Waals surface area contributed by atoms with Gasteiger partial charge in [0.15, 0.2) is 11.5 Å². The molecule has 4 N–H and O–H groups in total. The van der Waals surface area contributed by atoms with E-state index in [0.29, 0.717) is 29.7 Å². The molecule has 5 fully saturated rings. The topological polar surface area (TPSA) is 89.8 Å². The number of rotatable bonds is 6. The van der Waals surface area contributed by atoms with Crippen LogP contribution in [-0.2, 0) is 11.2 Å². The van der Waals surface area contributed by atoms with Gasteiger partial charge in [-0.3, -0.25) is 4.79 Å². The van der Waals surface area contributed by atoms with Crippen molar-refractivity contribution in [3.63, 3.8) is 0 Å². The van der Waals surface area contributed by atoms with Crippen molar-refractivity contribution in [2.24, 2.45) is 56.7 Å². The molecule has 1 aromatic rings. The highest BCUT2D eigenvalue weighted by Gasteiger charge is 2.72. The largest absolute Gasteiger partial charge is 0.504 e. The summed E-state index contributed by atoms with van der Waals surface area (Å²) in [6, 6.07) is 5.60. The van der Waals surface area contributed by atoms with Crippen LogP contribution in [0.15, 0.2) is 30.4 Å². The molecule has 0 saturated heterocycles. The van der Waals surface area contributed by atoms with Crippen molar-refractivity contribution < 1.29 is 20.1 Å². The second kappa shape index (κ2) is 10.3. The number of aliphatic carboxylic acids is 1. The van der Waals surface area contributed by atoms with Gasteiger partial charge in [0.1, 0.15) is 0 Å². The first kappa shape index (κ1) is 31.0. The van der Waals surface area contributed by atoms with Crippen molar-refractivity contribution in [2.45, 2.75) is 118 Å². The fraction of sp³-hybridized carbons (Fsp3) is 0.763. The summed E-state index contributed by atoms with van der Waals surface area (Å²) < 4.78 is 0. The third-order valence-corrected chi connectivity index (χ3v) is 15.4. The summed E-state index contributed by atoms with van der Waals surface area (Å²) in [6.07, 6.45) is 11.9. The molecule has 10 atom stereocenters. The molecular weight excluding hydrogens is 534 g/mol. The number of carboxylic acid groups (broad SMARTS) is 1. The molecule has 6 rings (SSSR count). The number of nitrogens with one attached hydrogen (secondary N) is 1. The van der Waals surface area contributed by atoms with Crippen LogP contribution < -0.4 is 5.32 Å². The Morgan fingerprint density at radius 2 is 1.63 bits per heavy atom. The first-order valence-electron chi connectivity index (χ1n) is 17.2. The standard InChI is InChI=1S/C38H57NO4/c1-23(2)25-12-18-38(33(42)43)20-19-36(6)26(32(25)38)9-11-30-35(5)16-14-31(34(3,4)29(35)13-17-37(30,36)7)39-21-15-24-8-10-27(40)28(41)22-24/h8,10,22,25-26,29-32,39-41H,1,9,11-21H2,2-7H3,(H,42,43). The number of phenols is 2. The lowest BCUT2D eigenvalue weighted by Crippen LogP contribution is -2.67. The Bertz CT molecular complexity index is 1290. The maximum Gasteiger partial charge on any atom is 0.309 e. The molecule has 5 nitrogen and oxygen atoms in total. The van der Waals surface area contributed by atoms with Gasteiger partial charge < -0.3 is 20.6 Å². The molecule has 5 heteroatoms. The summed E-state index contributed by atoms with van der Waals surface area (Å²) >= 11 is 0. The van der Waals surface area contributed by atoms with Gasteiger partial charge in [-0.2, -0.15) is 0 Å². The number of allylic oxidation sites excluding steroid dienone is 1. The number of benzene rings is 1. The van der Waals surface area contributed by atoms with E-state index in [9.17, 15) is 20.1 Å². The summed E-state index contributed by atoms with van der Waals surface area (Å²) in [5, 5.41) is 34.2. The van der Waals surface area contributed by atoms with Gasteiger partial charge in [0.05, 0.1) is 5.41 Å². The SMILES string of the molecule is C=C(C)C1CCC2(C(=O)O)CCC3(C)C(CCC4C5(C)CCC(NCCc6ccc(O)c(O)c6)C(C)(C)C5CCC43C)C12. The summed E-state index contributed by atoms with van der Waals surface area (Å²) in [7, 11) is 0. The zero-order chi connectivity index (χ0) is 31.2. The molecule has 5 aliphatic carbocycles.